The first-order chi connectivity index (χ1) is 38.9. The van der Waals surface area contributed by atoms with Crippen molar-refractivity contribution in [2.24, 2.45) is 46.3 Å². The molecule has 1 aromatic carbocycles. The number of rotatable bonds is 10. The van der Waals surface area contributed by atoms with Gasteiger partial charge < -0.3 is 33.9 Å². The van der Waals surface area contributed by atoms with E-state index in [1.807, 2.05) is 19.9 Å². The van der Waals surface area contributed by atoms with E-state index in [2.05, 4.69) is 22.0 Å². The van der Waals surface area contributed by atoms with Gasteiger partial charge in [0.25, 0.3) is 10.1 Å². The molecular formula is C65H101BrN2O16S. The molecule has 0 bridgehead atoms. The third-order valence-corrected chi connectivity index (χ3v) is 20.0. The van der Waals surface area contributed by atoms with E-state index in [0.29, 0.717) is 42.0 Å². The number of carbonyl (C=O) groups is 8. The summed E-state index contributed by atoms with van der Waals surface area (Å²) in [6.45, 7) is 9.28. The molecule has 2 amide bonds. The van der Waals surface area contributed by atoms with Crippen molar-refractivity contribution in [1.29, 1.82) is 0 Å². The molecule has 4 saturated carbocycles. The summed E-state index contributed by atoms with van der Waals surface area (Å²) in [5.74, 6) is -2.91. The van der Waals surface area contributed by atoms with E-state index in [9.17, 15) is 51.9 Å². The van der Waals surface area contributed by atoms with Crippen LogP contribution in [0.5, 0.6) is 0 Å². The van der Waals surface area contributed by atoms with E-state index in [1.165, 1.54) is 42.6 Å². The molecule has 0 radical (unpaired) electrons. The highest BCUT2D eigenvalue weighted by molar-refractivity contribution is 9.10. The van der Waals surface area contributed by atoms with Gasteiger partial charge in [0.1, 0.15) is 11.7 Å². The number of fused-ring (bicyclic) bond motifs is 5. The lowest BCUT2D eigenvalue weighted by atomic mass is 9.90. The van der Waals surface area contributed by atoms with Crippen LogP contribution in [-0.2, 0) is 71.6 Å². The van der Waals surface area contributed by atoms with Gasteiger partial charge in [-0.2, -0.15) is 8.42 Å². The van der Waals surface area contributed by atoms with Gasteiger partial charge in [0.2, 0.25) is 11.8 Å². The molecular weight excluding hydrogens is 1180 g/mol. The van der Waals surface area contributed by atoms with Crippen LogP contribution < -0.4 is 0 Å². The SMILES string of the molecule is C.C.C.CC.COC(=O)[C@]12CC(=O)[C@@H]3C[C@H](O)CN3C(=O)[C@@H](CC(=O)OC(C)(C)C)CCCCC/C=C\[C@@H]1C2.COC(=O)[C@]12CC(=O)[C@@H]3C[C@H](OS(=O)(=O)c4ccc(Br)cc4)CN3C(=O)[C@@H](CC(=O)OC3C[C@@H]4C[C@@H]4C3)CCCCCCC[C@@H]1C2. The minimum Gasteiger partial charge on any atom is -0.469 e. The van der Waals surface area contributed by atoms with Crippen molar-refractivity contribution in [2.75, 3.05) is 27.3 Å². The Morgan fingerprint density at radius 2 is 1.18 bits per heavy atom. The third-order valence-electron chi connectivity index (χ3n) is 18.1. The maximum atomic E-state index is 14.3. The Kier molecular flexibility index (Phi) is 27.1. The van der Waals surface area contributed by atoms with E-state index in [1.54, 1.807) is 32.9 Å². The van der Waals surface area contributed by atoms with Crippen LogP contribution in [0, 0.1) is 46.3 Å². The second-order valence-corrected chi connectivity index (χ2v) is 27.7. The molecule has 4 aliphatic heterocycles. The standard InChI is InChI=1S/C34H44BrNO9S.C26H39NO7.C2H6.3CH4/c1-43-33(40)34-18-24(34)8-6-4-2-3-5-7-21(16-31(38)44-26-14-22-13-23(22)15-26)32(39)36-20-27(17-29(36)30(37)19-34)45-46(41,42)28-11-9-25(35)10-12-28;1-25(2,3)34-22(30)12-17-10-8-6-5-7-9-11-18-14-26(18,24(32)33-4)15-21(29)20-13-19(28)16-27(20)23(17)31;1-2;;;/h9-12,21-24,26-27,29H,2-8,13-20H2,1H3;9,11,17-20,28H,5-8,10,12-16H2,1-4H3;1-2H3;3*1H4/b;11-9-;;;;/t21-,22-,23+,24-,26?,27+,29+,34-;17-,18-,19+,20+,26-;;;;/m11..../s1. The maximum absolute atomic E-state index is 14.3. The summed E-state index contributed by atoms with van der Waals surface area (Å²) in [5.41, 5.74) is -2.47. The Balaban J connectivity index is 0.000000357. The van der Waals surface area contributed by atoms with Crippen LogP contribution in [0.3, 0.4) is 0 Å². The molecule has 1 unspecified atom stereocenters. The summed E-state index contributed by atoms with van der Waals surface area (Å²) in [6.07, 6.45) is 16.0. The Morgan fingerprint density at radius 1 is 0.659 bits per heavy atom. The van der Waals surface area contributed by atoms with Crippen molar-refractivity contribution in [3.8, 4) is 0 Å². The minimum absolute atomic E-state index is 0. The number of hydrogen-bond acceptors (Lipinski definition) is 16. The lowest BCUT2D eigenvalue weighted by Gasteiger charge is -2.29. The highest BCUT2D eigenvalue weighted by atomic mass is 79.9. The number of hydrogen-bond donors (Lipinski definition) is 1. The van der Waals surface area contributed by atoms with E-state index in [-0.39, 0.29) is 120 Å². The number of allylic oxidation sites excluding steroid dienone is 2. The normalized spacial score (nSPS) is 32.4. The summed E-state index contributed by atoms with van der Waals surface area (Å²) in [4.78, 5) is 109. The number of halogens is 1. The molecule has 13 atom stereocenters. The number of aliphatic hydroxyl groups excluding tert-OH is 1. The fraction of sp³-hybridized carbons (Fsp3) is 0.754. The van der Waals surface area contributed by atoms with Gasteiger partial charge in [-0.15, -0.1) is 0 Å². The molecule has 8 aliphatic rings. The highest BCUT2D eigenvalue weighted by Gasteiger charge is 2.63. The Labute approximate surface area is 515 Å². The van der Waals surface area contributed by atoms with Crippen molar-refractivity contribution in [2.45, 2.75) is 245 Å². The number of Topliss-reactive ketones (excluding diaryl/α,β-unsaturated/α-hetero) is 2. The zero-order chi connectivity index (χ0) is 59.7. The summed E-state index contributed by atoms with van der Waals surface area (Å²) < 4.78 is 54.2. The molecule has 1 aromatic rings. The second-order valence-electron chi connectivity index (χ2n) is 25.2. The molecule has 9 rings (SSSR count). The summed E-state index contributed by atoms with van der Waals surface area (Å²) in [7, 11) is -1.54. The Morgan fingerprint density at radius 3 is 1.76 bits per heavy atom. The lowest BCUT2D eigenvalue weighted by Crippen LogP contribution is -2.45. The van der Waals surface area contributed by atoms with Crippen LogP contribution in [0.15, 0.2) is 45.8 Å². The largest absolute Gasteiger partial charge is 0.469 e. The first-order valence-corrected chi connectivity index (χ1v) is 32.4. The van der Waals surface area contributed by atoms with Gasteiger partial charge in [0.05, 0.1) is 67.1 Å². The first-order valence-electron chi connectivity index (χ1n) is 30.2. The average molecular weight is 1280 g/mol. The molecule has 4 heterocycles. The number of nitrogens with zero attached hydrogens (tertiary/aromatic N) is 2. The second kappa shape index (κ2) is 31.6. The van der Waals surface area contributed by atoms with Gasteiger partial charge >= 0.3 is 23.9 Å². The van der Waals surface area contributed by atoms with E-state index in [4.69, 9.17) is 23.1 Å². The maximum Gasteiger partial charge on any atom is 0.312 e. The minimum atomic E-state index is -4.19. The van der Waals surface area contributed by atoms with Crippen molar-refractivity contribution >= 4 is 73.3 Å². The smallest absolute Gasteiger partial charge is 0.312 e. The highest BCUT2D eigenvalue weighted by Crippen LogP contribution is 2.60. The first kappa shape index (κ1) is 72.9. The molecule has 85 heavy (non-hydrogen) atoms. The van der Waals surface area contributed by atoms with E-state index in [0.717, 1.165) is 77.0 Å². The third kappa shape index (κ3) is 18.8. The van der Waals surface area contributed by atoms with Gasteiger partial charge in [-0.3, -0.25) is 42.5 Å². The van der Waals surface area contributed by atoms with Crippen molar-refractivity contribution < 1.29 is 75.0 Å². The van der Waals surface area contributed by atoms with E-state index >= 15 is 0 Å². The number of amides is 2. The predicted octanol–water partition coefficient (Wildman–Crippen LogP) is 11.2. The fourth-order valence-electron chi connectivity index (χ4n) is 13.5. The summed E-state index contributed by atoms with van der Waals surface area (Å²) in [5, 5.41) is 10.3. The van der Waals surface area contributed by atoms with Gasteiger partial charge in [0.15, 0.2) is 11.6 Å². The van der Waals surface area contributed by atoms with Crippen molar-refractivity contribution in [3.05, 3.63) is 40.9 Å². The van der Waals surface area contributed by atoms with Crippen LogP contribution in [0.2, 0.25) is 0 Å². The number of aliphatic hydroxyl groups is 1. The van der Waals surface area contributed by atoms with Crippen LogP contribution in [0.4, 0.5) is 0 Å². The van der Waals surface area contributed by atoms with Crippen LogP contribution in [0.25, 0.3) is 0 Å². The number of esters is 4. The predicted molar refractivity (Wildman–Crippen MR) is 326 cm³/mol. The topological polar surface area (TPSA) is 244 Å². The quantitative estimate of drug-likeness (QED) is 0.0990. The van der Waals surface area contributed by atoms with Gasteiger partial charge in [-0.25, -0.2) is 0 Å². The number of benzene rings is 1. The van der Waals surface area contributed by atoms with Crippen LogP contribution in [0.1, 0.15) is 205 Å². The average Bonchev–Trinajstić information content (AvgIpc) is 1.71. The molecule has 480 valence electrons. The number of ether oxygens (including phenoxy) is 4. The molecule has 1 N–H and O–H groups in total. The zero-order valence-corrected chi connectivity index (χ0v) is 51.6. The summed E-state index contributed by atoms with van der Waals surface area (Å²) >= 11 is 3.30. The van der Waals surface area contributed by atoms with E-state index < -0.39 is 86.6 Å². The molecule has 0 spiro atoms. The van der Waals surface area contributed by atoms with Crippen molar-refractivity contribution in [1.82, 2.24) is 9.80 Å². The number of methoxy groups -OCH3 is 2. The lowest BCUT2D eigenvalue weighted by molar-refractivity contribution is -0.159. The Bertz CT molecular complexity index is 2610. The van der Waals surface area contributed by atoms with Crippen LogP contribution >= 0.6 is 15.9 Å². The van der Waals surface area contributed by atoms with Gasteiger partial charge in [-0.05, 0) is 133 Å². The molecule has 3 saturated heterocycles. The van der Waals surface area contributed by atoms with Gasteiger partial charge in [-0.1, -0.05) is 109 Å². The summed E-state index contributed by atoms with van der Waals surface area (Å²) in [6, 6.07) is 4.25. The monoisotopic (exact) mass is 1280 g/mol. The Hall–Kier alpha value is -4.53. The fourth-order valence-corrected chi connectivity index (χ4v) is 14.9. The van der Waals surface area contributed by atoms with Crippen molar-refractivity contribution in [3.63, 3.8) is 0 Å². The molecule has 18 nitrogen and oxygen atoms in total. The number of carbonyl (C=O) groups excluding carboxylic acids is 8. The number of ketones is 2. The molecule has 20 heteroatoms. The molecule has 7 fully saturated rings. The van der Waals surface area contributed by atoms with Crippen LogP contribution in [-0.4, -0.2) is 134 Å². The molecule has 0 aromatic heterocycles. The molecule has 4 aliphatic carbocycles. The zero-order valence-electron chi connectivity index (χ0n) is 49.2. The van der Waals surface area contributed by atoms with Gasteiger partial charge in [0, 0.05) is 55.1 Å².